The van der Waals surface area contributed by atoms with E-state index in [0.717, 1.165) is 13.1 Å². The number of aryl methyl sites for hydroxylation is 1. The highest BCUT2D eigenvalue weighted by Crippen LogP contribution is 2.27. The maximum absolute atomic E-state index is 5.83. The van der Waals surface area contributed by atoms with Crippen LogP contribution in [0.15, 0.2) is 18.2 Å². The lowest BCUT2D eigenvalue weighted by atomic mass is 10.1. The van der Waals surface area contributed by atoms with Gasteiger partial charge in [0.15, 0.2) is 0 Å². The summed E-state index contributed by atoms with van der Waals surface area (Å²) in [4.78, 5) is 2.30. The first-order valence-electron chi connectivity index (χ1n) is 6.29. The number of nitrogens with two attached hydrogens (primary N) is 1. The van der Waals surface area contributed by atoms with Crippen molar-refractivity contribution < 1.29 is 9.47 Å². The molecule has 0 aromatic heterocycles. The number of methoxy groups -OCH3 is 2. The molecule has 18 heavy (non-hydrogen) atoms. The van der Waals surface area contributed by atoms with Gasteiger partial charge < -0.3 is 20.1 Å². The fourth-order valence-electron chi connectivity index (χ4n) is 2.58. The van der Waals surface area contributed by atoms with Gasteiger partial charge in [0.05, 0.1) is 0 Å². The summed E-state index contributed by atoms with van der Waals surface area (Å²) in [5.41, 5.74) is 9.45. The molecule has 2 rings (SSSR count). The fourth-order valence-corrected chi connectivity index (χ4v) is 2.58. The Morgan fingerprint density at radius 2 is 1.83 bits per heavy atom. The zero-order valence-corrected chi connectivity index (χ0v) is 11.3. The summed E-state index contributed by atoms with van der Waals surface area (Å²) in [6.07, 6.45) is 0.254. The molecule has 1 aliphatic heterocycles. The summed E-state index contributed by atoms with van der Waals surface area (Å²) < 4.78 is 10.9. The van der Waals surface area contributed by atoms with Crippen molar-refractivity contribution in [3.63, 3.8) is 0 Å². The molecule has 4 nitrogen and oxygen atoms in total. The predicted octanol–water partition coefficient (Wildman–Crippen LogP) is 1.30. The number of hydrogen-bond acceptors (Lipinski definition) is 4. The second-order valence-electron chi connectivity index (χ2n) is 4.79. The van der Waals surface area contributed by atoms with Crippen LogP contribution in [0, 0.1) is 6.92 Å². The van der Waals surface area contributed by atoms with Crippen LogP contribution in [0.3, 0.4) is 0 Å². The Kier molecular flexibility index (Phi) is 4.22. The highest BCUT2D eigenvalue weighted by Gasteiger charge is 2.33. The minimum atomic E-state index is 0.127. The largest absolute Gasteiger partial charge is 0.377 e. The molecular weight excluding hydrogens is 228 g/mol. The summed E-state index contributed by atoms with van der Waals surface area (Å²) in [5, 5.41) is 0. The maximum Gasteiger partial charge on any atom is 0.102 e. The van der Waals surface area contributed by atoms with Crippen LogP contribution in [0.4, 0.5) is 5.69 Å². The first-order chi connectivity index (χ1) is 8.69. The third-order valence-corrected chi connectivity index (χ3v) is 3.62. The number of nitrogens with zero attached hydrogens (tertiary/aromatic N) is 1. The predicted molar refractivity (Wildman–Crippen MR) is 72.9 cm³/mol. The van der Waals surface area contributed by atoms with E-state index in [0.29, 0.717) is 6.54 Å². The lowest BCUT2D eigenvalue weighted by Gasteiger charge is -2.21. The fraction of sp³-hybridized carbons (Fsp3) is 0.571. The van der Waals surface area contributed by atoms with Crippen LogP contribution >= 0.6 is 0 Å². The molecule has 1 aliphatic rings. The van der Waals surface area contributed by atoms with Crippen LogP contribution in [0.5, 0.6) is 0 Å². The molecule has 100 valence electrons. The quantitative estimate of drug-likeness (QED) is 0.875. The van der Waals surface area contributed by atoms with Crippen LogP contribution in [0.1, 0.15) is 11.1 Å². The number of hydrogen-bond donors (Lipinski definition) is 1. The lowest BCUT2D eigenvalue weighted by Crippen LogP contribution is -2.27. The average molecular weight is 250 g/mol. The molecule has 1 saturated heterocycles. The van der Waals surface area contributed by atoms with Crippen molar-refractivity contribution in [2.45, 2.75) is 25.7 Å². The molecule has 0 saturated carbocycles. The molecule has 2 atom stereocenters. The molecule has 0 amide bonds. The molecular formula is C14H22N2O2. The van der Waals surface area contributed by atoms with Gasteiger partial charge in [-0.25, -0.2) is 0 Å². The summed E-state index contributed by atoms with van der Waals surface area (Å²) in [7, 11) is 3.47. The monoisotopic (exact) mass is 250 g/mol. The molecule has 4 heteroatoms. The van der Waals surface area contributed by atoms with E-state index in [9.17, 15) is 0 Å². The van der Waals surface area contributed by atoms with Crippen LogP contribution in [-0.4, -0.2) is 39.5 Å². The second-order valence-corrected chi connectivity index (χ2v) is 4.79. The molecule has 1 aromatic carbocycles. The van der Waals surface area contributed by atoms with Gasteiger partial charge in [-0.1, -0.05) is 17.7 Å². The Hall–Kier alpha value is -1.10. The molecule has 1 fully saturated rings. The minimum Gasteiger partial charge on any atom is -0.377 e. The zero-order chi connectivity index (χ0) is 13.1. The third-order valence-electron chi connectivity index (χ3n) is 3.62. The van der Waals surface area contributed by atoms with E-state index in [1.807, 2.05) is 0 Å². The SMILES string of the molecule is COC1CN(c2ccc(C)cc2CN)CC1OC. The van der Waals surface area contributed by atoms with Crippen molar-refractivity contribution in [2.24, 2.45) is 5.73 Å². The molecule has 0 radical (unpaired) electrons. The highest BCUT2D eigenvalue weighted by molar-refractivity contribution is 5.56. The molecule has 2 unspecified atom stereocenters. The Balaban J connectivity index is 2.22. The molecule has 2 N–H and O–H groups in total. The maximum atomic E-state index is 5.83. The van der Waals surface area contributed by atoms with Gasteiger partial charge in [0.2, 0.25) is 0 Å². The van der Waals surface area contributed by atoms with Gasteiger partial charge >= 0.3 is 0 Å². The summed E-state index contributed by atoms with van der Waals surface area (Å²) in [6, 6.07) is 6.41. The third kappa shape index (κ3) is 2.51. The Morgan fingerprint density at radius 1 is 1.22 bits per heavy atom. The Morgan fingerprint density at radius 3 is 2.33 bits per heavy atom. The van der Waals surface area contributed by atoms with Gasteiger partial charge in [-0.05, 0) is 18.6 Å². The van der Waals surface area contributed by atoms with E-state index in [4.69, 9.17) is 15.2 Å². The van der Waals surface area contributed by atoms with E-state index in [1.165, 1.54) is 16.8 Å². The molecule has 1 aromatic rings. The van der Waals surface area contributed by atoms with Crippen LogP contribution in [-0.2, 0) is 16.0 Å². The number of rotatable bonds is 4. The normalized spacial score (nSPS) is 23.7. The summed E-state index contributed by atoms with van der Waals surface area (Å²) in [6.45, 7) is 4.35. The van der Waals surface area contributed by atoms with E-state index >= 15 is 0 Å². The standard InChI is InChI=1S/C14H22N2O2/c1-10-4-5-12(11(6-10)7-15)16-8-13(17-2)14(9-16)18-3/h4-6,13-14H,7-9,15H2,1-3H3. The van der Waals surface area contributed by atoms with E-state index in [1.54, 1.807) is 14.2 Å². The summed E-state index contributed by atoms with van der Waals surface area (Å²) in [5.74, 6) is 0. The van der Waals surface area contributed by atoms with Crippen molar-refractivity contribution in [3.8, 4) is 0 Å². The Labute approximate surface area is 109 Å². The van der Waals surface area contributed by atoms with Gasteiger partial charge in [-0.2, -0.15) is 0 Å². The zero-order valence-electron chi connectivity index (χ0n) is 11.3. The summed E-state index contributed by atoms with van der Waals surface area (Å²) >= 11 is 0. The first kappa shape index (κ1) is 13.3. The van der Waals surface area contributed by atoms with Gasteiger partial charge in [-0.3, -0.25) is 0 Å². The van der Waals surface area contributed by atoms with E-state index in [-0.39, 0.29) is 12.2 Å². The lowest BCUT2D eigenvalue weighted by molar-refractivity contribution is -0.00461. The van der Waals surface area contributed by atoms with Gasteiger partial charge in [-0.15, -0.1) is 0 Å². The minimum absolute atomic E-state index is 0.127. The molecule has 0 bridgehead atoms. The highest BCUT2D eigenvalue weighted by atomic mass is 16.5. The van der Waals surface area contributed by atoms with Crippen molar-refractivity contribution in [2.75, 3.05) is 32.2 Å². The number of benzene rings is 1. The first-order valence-corrected chi connectivity index (χ1v) is 6.29. The van der Waals surface area contributed by atoms with Crippen molar-refractivity contribution in [1.82, 2.24) is 0 Å². The average Bonchev–Trinajstić information content (AvgIpc) is 2.81. The van der Waals surface area contributed by atoms with Crippen molar-refractivity contribution in [1.29, 1.82) is 0 Å². The van der Waals surface area contributed by atoms with Gasteiger partial charge in [0, 0.05) is 39.5 Å². The van der Waals surface area contributed by atoms with Crippen LogP contribution in [0.25, 0.3) is 0 Å². The molecule has 1 heterocycles. The van der Waals surface area contributed by atoms with Crippen LogP contribution in [0.2, 0.25) is 0 Å². The van der Waals surface area contributed by atoms with Crippen molar-refractivity contribution >= 4 is 5.69 Å². The number of ether oxygens (including phenoxy) is 2. The van der Waals surface area contributed by atoms with Gasteiger partial charge in [0.25, 0.3) is 0 Å². The molecule has 0 spiro atoms. The van der Waals surface area contributed by atoms with Crippen LogP contribution < -0.4 is 10.6 Å². The van der Waals surface area contributed by atoms with E-state index in [2.05, 4.69) is 30.0 Å². The topological polar surface area (TPSA) is 47.7 Å². The van der Waals surface area contributed by atoms with Gasteiger partial charge in [0.1, 0.15) is 12.2 Å². The Bertz CT molecular complexity index is 397. The number of anilines is 1. The smallest absolute Gasteiger partial charge is 0.102 e. The van der Waals surface area contributed by atoms with E-state index < -0.39 is 0 Å². The van der Waals surface area contributed by atoms with Crippen molar-refractivity contribution in [3.05, 3.63) is 29.3 Å². The molecule has 0 aliphatic carbocycles. The second kappa shape index (κ2) is 5.69.